The Labute approximate surface area is 199 Å². The molecule has 182 valence electrons. The predicted octanol–water partition coefficient (Wildman–Crippen LogP) is 3.38. The van der Waals surface area contributed by atoms with Crippen LogP contribution in [-0.4, -0.2) is 64.4 Å². The maximum atomic E-state index is 13.2. The summed E-state index contributed by atoms with van der Waals surface area (Å²) in [5.74, 6) is -1.90. The number of nitrogens with zero attached hydrogens (tertiary/aromatic N) is 1. The van der Waals surface area contributed by atoms with Crippen LogP contribution in [0.3, 0.4) is 0 Å². The summed E-state index contributed by atoms with van der Waals surface area (Å²) in [6, 6.07) is 14.6. The highest BCUT2D eigenvalue weighted by Crippen LogP contribution is 2.44. The van der Waals surface area contributed by atoms with E-state index in [4.69, 9.17) is 4.74 Å². The van der Waals surface area contributed by atoms with Crippen LogP contribution >= 0.6 is 0 Å². The lowest BCUT2D eigenvalue weighted by Gasteiger charge is -2.38. The van der Waals surface area contributed by atoms with Crippen molar-refractivity contribution >= 4 is 18.0 Å². The summed E-state index contributed by atoms with van der Waals surface area (Å²) in [6.45, 7) is 5.63. The number of alkyl carbamates (subject to hydrolysis) is 1. The zero-order valence-corrected chi connectivity index (χ0v) is 19.8. The third-order valence-electron chi connectivity index (χ3n) is 5.93. The van der Waals surface area contributed by atoms with Crippen LogP contribution < -0.4 is 5.32 Å². The highest BCUT2D eigenvalue weighted by molar-refractivity contribution is 5.89. The van der Waals surface area contributed by atoms with Crippen molar-refractivity contribution in [2.24, 2.45) is 0 Å². The van der Waals surface area contributed by atoms with Crippen LogP contribution in [0, 0.1) is 0 Å². The van der Waals surface area contributed by atoms with Gasteiger partial charge in [0.2, 0.25) is 5.91 Å². The number of aliphatic hydroxyl groups excluding tert-OH is 1. The van der Waals surface area contributed by atoms with Gasteiger partial charge in [-0.05, 0) is 49.4 Å². The summed E-state index contributed by atoms with van der Waals surface area (Å²) in [5, 5.41) is 21.0. The Kier molecular flexibility index (Phi) is 7.94. The second kappa shape index (κ2) is 10.7. The molecule has 3 rings (SSSR count). The molecule has 0 saturated heterocycles. The molecule has 8 heteroatoms. The lowest BCUT2D eigenvalue weighted by molar-refractivity contribution is -0.145. The molecule has 1 atom stereocenters. The van der Waals surface area contributed by atoms with E-state index in [2.05, 4.69) is 5.32 Å². The SMILES string of the molecule is CC(C)(C)N(CCCO)C(=O)C(CC(=O)O)NC(=O)OCC1c2ccccc2-c2ccccc21. The van der Waals surface area contributed by atoms with Crippen molar-refractivity contribution in [1.29, 1.82) is 0 Å². The van der Waals surface area contributed by atoms with Gasteiger partial charge in [0.1, 0.15) is 12.6 Å². The zero-order valence-electron chi connectivity index (χ0n) is 19.8. The molecule has 2 amide bonds. The minimum atomic E-state index is -1.29. The highest BCUT2D eigenvalue weighted by atomic mass is 16.5. The van der Waals surface area contributed by atoms with Gasteiger partial charge in [-0.15, -0.1) is 0 Å². The molecule has 0 aromatic heterocycles. The molecule has 0 heterocycles. The molecule has 1 unspecified atom stereocenters. The van der Waals surface area contributed by atoms with E-state index in [1.807, 2.05) is 69.3 Å². The van der Waals surface area contributed by atoms with Crippen molar-refractivity contribution in [3.8, 4) is 11.1 Å². The van der Waals surface area contributed by atoms with Crippen molar-refractivity contribution in [2.75, 3.05) is 19.8 Å². The van der Waals surface area contributed by atoms with Gasteiger partial charge in [0.05, 0.1) is 6.42 Å². The number of hydrogen-bond acceptors (Lipinski definition) is 5. The summed E-state index contributed by atoms with van der Waals surface area (Å²) in [7, 11) is 0. The molecule has 1 aliphatic rings. The number of ether oxygens (including phenoxy) is 1. The number of amides is 2. The molecule has 2 aromatic rings. The number of carbonyl (C=O) groups excluding carboxylic acids is 2. The van der Waals surface area contributed by atoms with Gasteiger partial charge in [0.25, 0.3) is 0 Å². The van der Waals surface area contributed by atoms with E-state index in [9.17, 15) is 24.6 Å². The number of hydrogen-bond donors (Lipinski definition) is 3. The molecule has 0 spiro atoms. The second-order valence-electron chi connectivity index (χ2n) is 9.36. The van der Waals surface area contributed by atoms with Gasteiger partial charge in [-0.25, -0.2) is 4.79 Å². The van der Waals surface area contributed by atoms with Gasteiger partial charge in [-0.3, -0.25) is 9.59 Å². The number of rotatable bonds is 9. The average molecular weight is 469 g/mol. The Hall–Kier alpha value is -3.39. The van der Waals surface area contributed by atoms with E-state index in [0.29, 0.717) is 6.42 Å². The highest BCUT2D eigenvalue weighted by Gasteiger charge is 2.35. The number of aliphatic carboxylic acids is 1. The molecule has 0 bridgehead atoms. The number of nitrogens with one attached hydrogen (secondary N) is 1. The number of carboxylic acids is 1. The van der Waals surface area contributed by atoms with Crippen molar-refractivity contribution in [2.45, 2.75) is 51.1 Å². The lowest BCUT2D eigenvalue weighted by atomic mass is 9.98. The molecule has 0 fully saturated rings. The third kappa shape index (κ3) is 5.75. The Balaban J connectivity index is 1.72. The number of carboxylic acid groups (broad SMARTS) is 1. The van der Waals surface area contributed by atoms with E-state index >= 15 is 0 Å². The summed E-state index contributed by atoms with van der Waals surface area (Å²) >= 11 is 0. The van der Waals surface area contributed by atoms with Crippen LogP contribution in [0.15, 0.2) is 48.5 Å². The molecule has 0 aliphatic heterocycles. The van der Waals surface area contributed by atoms with Crippen LogP contribution in [-0.2, 0) is 14.3 Å². The minimum absolute atomic E-state index is 0.0569. The van der Waals surface area contributed by atoms with Crippen LogP contribution in [0.25, 0.3) is 11.1 Å². The Morgan fingerprint density at radius 1 is 1.03 bits per heavy atom. The van der Waals surface area contributed by atoms with Crippen molar-refractivity contribution in [3.63, 3.8) is 0 Å². The summed E-state index contributed by atoms with van der Waals surface area (Å²) in [4.78, 5) is 38.7. The molecular weight excluding hydrogens is 436 g/mol. The largest absolute Gasteiger partial charge is 0.481 e. The Morgan fingerprint density at radius 2 is 1.59 bits per heavy atom. The molecule has 8 nitrogen and oxygen atoms in total. The average Bonchev–Trinajstić information content (AvgIpc) is 3.10. The van der Waals surface area contributed by atoms with Crippen molar-refractivity contribution in [1.82, 2.24) is 10.2 Å². The minimum Gasteiger partial charge on any atom is -0.481 e. The number of aliphatic hydroxyl groups is 1. The first kappa shape index (κ1) is 25.2. The first-order valence-corrected chi connectivity index (χ1v) is 11.4. The van der Waals surface area contributed by atoms with Crippen LogP contribution in [0.4, 0.5) is 4.79 Å². The Bertz CT molecular complexity index is 1000. The molecule has 0 radical (unpaired) electrons. The van der Waals surface area contributed by atoms with Crippen LogP contribution in [0.2, 0.25) is 0 Å². The summed E-state index contributed by atoms with van der Waals surface area (Å²) in [6.07, 6.45) is -1.08. The molecular formula is C26H32N2O6. The van der Waals surface area contributed by atoms with E-state index in [1.54, 1.807) is 0 Å². The molecule has 0 saturated carbocycles. The second-order valence-corrected chi connectivity index (χ2v) is 9.36. The predicted molar refractivity (Wildman–Crippen MR) is 127 cm³/mol. The zero-order chi connectivity index (χ0) is 24.9. The smallest absolute Gasteiger partial charge is 0.407 e. The molecule has 2 aromatic carbocycles. The van der Waals surface area contributed by atoms with Crippen molar-refractivity contribution < 1.29 is 29.3 Å². The normalized spacial score (nSPS) is 13.5. The molecule has 34 heavy (non-hydrogen) atoms. The van der Waals surface area contributed by atoms with Gasteiger partial charge < -0.3 is 25.2 Å². The summed E-state index contributed by atoms with van der Waals surface area (Å²) < 4.78 is 5.49. The van der Waals surface area contributed by atoms with Gasteiger partial charge in [0.15, 0.2) is 0 Å². The van der Waals surface area contributed by atoms with Crippen LogP contribution in [0.5, 0.6) is 0 Å². The maximum absolute atomic E-state index is 13.2. The van der Waals surface area contributed by atoms with Gasteiger partial charge in [-0.2, -0.15) is 0 Å². The topological polar surface area (TPSA) is 116 Å². The van der Waals surface area contributed by atoms with Gasteiger partial charge in [0, 0.05) is 24.6 Å². The monoisotopic (exact) mass is 468 g/mol. The first-order chi connectivity index (χ1) is 16.1. The van der Waals surface area contributed by atoms with Gasteiger partial charge >= 0.3 is 12.1 Å². The van der Waals surface area contributed by atoms with E-state index < -0.39 is 36.0 Å². The lowest BCUT2D eigenvalue weighted by Crippen LogP contribution is -2.55. The first-order valence-electron chi connectivity index (χ1n) is 11.4. The third-order valence-corrected chi connectivity index (χ3v) is 5.93. The number of carbonyl (C=O) groups is 3. The fraction of sp³-hybridized carbons (Fsp3) is 0.423. The molecule has 1 aliphatic carbocycles. The number of fused-ring (bicyclic) bond motifs is 3. The van der Waals surface area contributed by atoms with Crippen LogP contribution in [0.1, 0.15) is 50.7 Å². The molecule has 3 N–H and O–H groups in total. The maximum Gasteiger partial charge on any atom is 0.407 e. The van der Waals surface area contributed by atoms with E-state index in [-0.39, 0.29) is 25.7 Å². The fourth-order valence-corrected chi connectivity index (χ4v) is 4.35. The standard InChI is InChI=1S/C26H32N2O6/c1-26(2,3)28(13-8-14-29)24(32)22(15-23(30)31)27-25(33)34-16-21-19-11-6-4-9-17(19)18-10-5-7-12-20(18)21/h4-7,9-12,21-22,29H,8,13-16H2,1-3H3,(H,27,33)(H,30,31). The van der Waals surface area contributed by atoms with E-state index in [1.165, 1.54) is 4.90 Å². The van der Waals surface area contributed by atoms with Gasteiger partial charge in [-0.1, -0.05) is 48.5 Å². The van der Waals surface area contributed by atoms with E-state index in [0.717, 1.165) is 22.3 Å². The quantitative estimate of drug-likeness (QED) is 0.520. The Morgan fingerprint density at radius 3 is 2.09 bits per heavy atom. The number of benzene rings is 2. The summed E-state index contributed by atoms with van der Waals surface area (Å²) in [5.41, 5.74) is 3.67. The van der Waals surface area contributed by atoms with Crippen molar-refractivity contribution in [3.05, 3.63) is 59.7 Å². The fourth-order valence-electron chi connectivity index (χ4n) is 4.35.